The highest BCUT2D eigenvalue weighted by Crippen LogP contribution is 2.30. The lowest BCUT2D eigenvalue weighted by Gasteiger charge is -2.16. The van der Waals surface area contributed by atoms with E-state index in [9.17, 15) is 0 Å². The third kappa shape index (κ3) is 4.84. The van der Waals surface area contributed by atoms with Gasteiger partial charge in [0.25, 0.3) is 0 Å². The van der Waals surface area contributed by atoms with Gasteiger partial charge in [-0.15, -0.1) is 0 Å². The van der Waals surface area contributed by atoms with Crippen LogP contribution in [-0.2, 0) is 30.3 Å². The van der Waals surface area contributed by atoms with Crippen LogP contribution in [0.4, 0.5) is 0 Å². The van der Waals surface area contributed by atoms with Crippen molar-refractivity contribution in [1.82, 2.24) is 9.97 Å². The molecule has 1 aromatic heterocycles. The Morgan fingerprint density at radius 2 is 1.88 bits per heavy atom. The van der Waals surface area contributed by atoms with E-state index in [4.69, 9.17) is 33.5 Å². The molecule has 0 bridgehead atoms. The lowest BCUT2D eigenvalue weighted by Crippen LogP contribution is -2.34. The van der Waals surface area contributed by atoms with Crippen LogP contribution in [0.3, 0.4) is 0 Å². The third-order valence-corrected chi connectivity index (χ3v) is 4.14. The van der Waals surface area contributed by atoms with Crippen LogP contribution >= 0.6 is 0 Å². The van der Waals surface area contributed by atoms with Crippen molar-refractivity contribution in [3.63, 3.8) is 0 Å². The summed E-state index contributed by atoms with van der Waals surface area (Å²) in [7, 11) is 1.66. The number of fused-ring (bicyclic) bond motifs is 1. The molecule has 3 heterocycles. The Morgan fingerprint density at radius 1 is 1.12 bits per heavy atom. The molecule has 1 aromatic rings. The van der Waals surface area contributed by atoms with Crippen LogP contribution in [0.15, 0.2) is 12.3 Å². The van der Waals surface area contributed by atoms with Crippen LogP contribution in [-0.4, -0.2) is 86.2 Å². The topological polar surface area (TPSA) is 101 Å². The normalized spacial score (nSPS) is 28.2. The van der Waals surface area contributed by atoms with Crippen molar-refractivity contribution >= 4 is 0 Å². The van der Waals surface area contributed by atoms with E-state index >= 15 is 0 Å². The molecule has 2 fully saturated rings. The zero-order valence-corrected chi connectivity index (χ0v) is 14.2. The monoisotopic (exact) mass is 356 g/mol. The van der Waals surface area contributed by atoms with Crippen LogP contribution in [0, 0.1) is 0 Å². The standard InChI is InChI=1S/C16H24N2O7/c1-20-12-9-24-15-13(10-25-14(12)15)22-6-4-21-5-7-23-16-17-3-2-11(8-19)18-16/h2-3,12-15,19H,4-10H2,1H3/t12-,13-,14-,15-/m1/s1. The molecule has 0 aliphatic carbocycles. The summed E-state index contributed by atoms with van der Waals surface area (Å²) in [6, 6.07) is 1.85. The Labute approximate surface area is 146 Å². The molecule has 25 heavy (non-hydrogen) atoms. The number of aliphatic hydroxyl groups excluding tert-OH is 1. The Bertz CT molecular complexity index is 533. The molecule has 2 aliphatic rings. The van der Waals surface area contributed by atoms with Gasteiger partial charge in [-0.1, -0.05) is 0 Å². The number of aromatic nitrogens is 2. The number of hydrogen-bond donors (Lipinski definition) is 1. The van der Waals surface area contributed by atoms with Crippen molar-refractivity contribution in [1.29, 1.82) is 0 Å². The molecule has 0 radical (unpaired) electrons. The fourth-order valence-corrected chi connectivity index (χ4v) is 2.86. The van der Waals surface area contributed by atoms with Crippen molar-refractivity contribution in [2.24, 2.45) is 0 Å². The smallest absolute Gasteiger partial charge is 0.316 e. The quantitative estimate of drug-likeness (QED) is 0.559. The minimum Gasteiger partial charge on any atom is -0.461 e. The highest BCUT2D eigenvalue weighted by atomic mass is 16.6. The van der Waals surface area contributed by atoms with E-state index in [-0.39, 0.29) is 37.0 Å². The zero-order chi connectivity index (χ0) is 17.5. The lowest BCUT2D eigenvalue weighted by atomic mass is 10.1. The van der Waals surface area contributed by atoms with Gasteiger partial charge in [0, 0.05) is 13.3 Å². The molecule has 0 amide bonds. The fourth-order valence-electron chi connectivity index (χ4n) is 2.86. The van der Waals surface area contributed by atoms with Gasteiger partial charge in [-0.05, 0) is 6.07 Å². The summed E-state index contributed by atoms with van der Waals surface area (Å²) in [5, 5.41) is 9.00. The second kappa shape index (κ2) is 9.37. The summed E-state index contributed by atoms with van der Waals surface area (Å²) in [6.45, 7) is 2.53. The van der Waals surface area contributed by atoms with Crippen molar-refractivity contribution in [3.05, 3.63) is 18.0 Å². The van der Waals surface area contributed by atoms with Crippen molar-refractivity contribution in [2.45, 2.75) is 31.0 Å². The van der Waals surface area contributed by atoms with E-state index in [1.807, 2.05) is 0 Å². The first-order valence-electron chi connectivity index (χ1n) is 8.32. The Balaban J connectivity index is 1.25. The molecule has 4 atom stereocenters. The first-order valence-corrected chi connectivity index (χ1v) is 8.32. The van der Waals surface area contributed by atoms with Gasteiger partial charge in [0.1, 0.15) is 31.0 Å². The van der Waals surface area contributed by atoms with Gasteiger partial charge >= 0.3 is 6.01 Å². The SMILES string of the molecule is CO[C@@H]1CO[C@H]2[C@@H]1OC[C@H]2OCCOCCOc1nccc(CO)n1. The van der Waals surface area contributed by atoms with Gasteiger partial charge in [0.2, 0.25) is 0 Å². The summed E-state index contributed by atoms with van der Waals surface area (Å²) in [6.07, 6.45) is 1.33. The van der Waals surface area contributed by atoms with Gasteiger partial charge in [0.05, 0.1) is 45.3 Å². The Morgan fingerprint density at radius 3 is 2.68 bits per heavy atom. The number of hydrogen-bond acceptors (Lipinski definition) is 9. The molecule has 1 N–H and O–H groups in total. The highest BCUT2D eigenvalue weighted by molar-refractivity contribution is 5.04. The molecular weight excluding hydrogens is 332 g/mol. The molecule has 9 nitrogen and oxygen atoms in total. The van der Waals surface area contributed by atoms with E-state index in [1.165, 1.54) is 0 Å². The molecule has 0 aromatic carbocycles. The van der Waals surface area contributed by atoms with Crippen LogP contribution in [0.5, 0.6) is 6.01 Å². The predicted octanol–water partition coefficient (Wildman–Crippen LogP) is -0.438. The maximum Gasteiger partial charge on any atom is 0.316 e. The van der Waals surface area contributed by atoms with E-state index < -0.39 is 0 Å². The molecular formula is C16H24N2O7. The lowest BCUT2D eigenvalue weighted by molar-refractivity contribution is -0.0572. The van der Waals surface area contributed by atoms with Gasteiger partial charge in [0.15, 0.2) is 0 Å². The maximum atomic E-state index is 9.00. The molecule has 3 rings (SSSR count). The predicted molar refractivity (Wildman–Crippen MR) is 84.3 cm³/mol. The van der Waals surface area contributed by atoms with E-state index in [0.29, 0.717) is 45.3 Å². The van der Waals surface area contributed by atoms with Crippen molar-refractivity contribution in [2.75, 3.05) is 46.8 Å². The average Bonchev–Trinajstić information content (AvgIpc) is 3.23. The largest absolute Gasteiger partial charge is 0.461 e. The van der Waals surface area contributed by atoms with Crippen LogP contribution in [0.25, 0.3) is 0 Å². The van der Waals surface area contributed by atoms with Crippen molar-refractivity contribution < 1.29 is 33.5 Å². The molecule has 9 heteroatoms. The number of nitrogens with zero attached hydrogens (tertiary/aromatic N) is 2. The average molecular weight is 356 g/mol. The van der Waals surface area contributed by atoms with Crippen LogP contribution in [0.1, 0.15) is 5.69 Å². The number of aliphatic hydroxyl groups is 1. The second-order valence-electron chi connectivity index (χ2n) is 5.73. The van der Waals surface area contributed by atoms with Crippen molar-refractivity contribution in [3.8, 4) is 6.01 Å². The molecule has 0 saturated carbocycles. The van der Waals surface area contributed by atoms with Crippen LogP contribution in [0.2, 0.25) is 0 Å². The van der Waals surface area contributed by atoms with E-state index in [2.05, 4.69) is 9.97 Å². The van der Waals surface area contributed by atoms with E-state index in [0.717, 1.165) is 0 Å². The summed E-state index contributed by atoms with van der Waals surface area (Å²) < 4.78 is 33.3. The van der Waals surface area contributed by atoms with Gasteiger partial charge in [-0.3, -0.25) is 0 Å². The number of rotatable bonds is 10. The molecule has 140 valence electrons. The minimum atomic E-state index is -0.145. The number of ether oxygens (including phenoxy) is 6. The Kier molecular flexibility index (Phi) is 6.91. The maximum absolute atomic E-state index is 9.00. The molecule has 2 aliphatic heterocycles. The Hall–Kier alpha value is -1.36. The van der Waals surface area contributed by atoms with Gasteiger partial charge in [-0.25, -0.2) is 4.98 Å². The summed E-state index contributed by atoms with van der Waals surface area (Å²) in [4.78, 5) is 7.97. The first-order chi connectivity index (χ1) is 12.3. The summed E-state index contributed by atoms with van der Waals surface area (Å²) in [5.74, 6) is 0. The van der Waals surface area contributed by atoms with E-state index in [1.54, 1.807) is 19.4 Å². The van der Waals surface area contributed by atoms with Gasteiger partial charge in [-0.2, -0.15) is 4.98 Å². The zero-order valence-electron chi connectivity index (χ0n) is 14.2. The summed E-state index contributed by atoms with van der Waals surface area (Å²) in [5.41, 5.74) is 0.515. The summed E-state index contributed by atoms with van der Waals surface area (Å²) >= 11 is 0. The first kappa shape index (κ1) is 18.4. The molecule has 0 spiro atoms. The minimum absolute atomic E-state index is 0.0152. The van der Waals surface area contributed by atoms with Gasteiger partial charge < -0.3 is 33.5 Å². The third-order valence-electron chi connectivity index (χ3n) is 4.14. The number of methoxy groups -OCH3 is 1. The highest BCUT2D eigenvalue weighted by Gasteiger charge is 2.48. The second-order valence-corrected chi connectivity index (χ2v) is 5.73. The fraction of sp³-hybridized carbons (Fsp3) is 0.750. The van der Waals surface area contributed by atoms with Crippen LogP contribution < -0.4 is 4.74 Å². The molecule has 0 unspecified atom stereocenters. The molecule has 2 saturated heterocycles.